The molecule has 2 aromatic heterocycles. The first-order valence-corrected chi connectivity index (χ1v) is 10.3. The fraction of sp³-hybridized carbons (Fsp3) is 0.0909. The van der Waals surface area contributed by atoms with E-state index in [2.05, 4.69) is 74.5 Å². The van der Waals surface area contributed by atoms with Crippen molar-refractivity contribution >= 4 is 0 Å². The first kappa shape index (κ1) is 16.2. The van der Waals surface area contributed by atoms with Gasteiger partial charge in [0.1, 0.15) is 11.5 Å². The van der Waals surface area contributed by atoms with Crippen LogP contribution in [-0.2, 0) is 0 Å². The van der Waals surface area contributed by atoms with Crippen molar-refractivity contribution in [1.82, 2.24) is 0 Å². The van der Waals surface area contributed by atoms with E-state index in [-0.39, 0.29) is 0 Å². The highest BCUT2D eigenvalue weighted by atomic mass is 127. The summed E-state index contributed by atoms with van der Waals surface area (Å²) >= 11 is -0.460. The van der Waals surface area contributed by atoms with E-state index in [1.807, 2.05) is 12.1 Å². The van der Waals surface area contributed by atoms with E-state index in [0.717, 1.165) is 30.2 Å². The van der Waals surface area contributed by atoms with E-state index in [1.54, 1.807) is 0 Å². The van der Waals surface area contributed by atoms with Crippen LogP contribution in [0.2, 0.25) is 0 Å². The molecule has 3 heteroatoms. The standard InChI is InChI=1S/C22H18IO2/c1-15-3-7-17(8-4-15)19-11-13-21(24-19)23-22-14-12-20(25-22)18-9-5-16(2)6-10-18/h3-14H,1-2H3/q+1. The molecule has 0 spiro atoms. The van der Waals surface area contributed by atoms with Gasteiger partial charge in [0.25, 0.3) is 0 Å². The molecule has 2 nitrogen and oxygen atoms in total. The monoisotopic (exact) mass is 441 g/mol. The van der Waals surface area contributed by atoms with Crippen LogP contribution in [-0.4, -0.2) is 0 Å². The predicted molar refractivity (Wildman–Crippen MR) is 95.2 cm³/mol. The Hall–Kier alpha value is -2.27. The zero-order valence-electron chi connectivity index (χ0n) is 14.1. The van der Waals surface area contributed by atoms with Gasteiger partial charge >= 0.3 is 28.7 Å². The van der Waals surface area contributed by atoms with Gasteiger partial charge in [0.2, 0.25) is 0 Å². The molecule has 2 heterocycles. The molecule has 0 saturated carbocycles. The van der Waals surface area contributed by atoms with Crippen molar-refractivity contribution in [3.05, 3.63) is 91.5 Å². The third-order valence-electron chi connectivity index (χ3n) is 4.00. The summed E-state index contributed by atoms with van der Waals surface area (Å²) < 4.78 is 14.1. The summed E-state index contributed by atoms with van der Waals surface area (Å²) in [5, 5.41) is 0. The Bertz CT molecular complexity index is 894. The lowest BCUT2D eigenvalue weighted by molar-refractivity contribution is -0.635. The summed E-state index contributed by atoms with van der Waals surface area (Å²) in [6.45, 7) is 4.18. The van der Waals surface area contributed by atoms with Gasteiger partial charge in [-0.05, 0) is 26.0 Å². The molecule has 0 aliphatic rings. The maximum Gasteiger partial charge on any atom is 0.443 e. The lowest BCUT2D eigenvalue weighted by Gasteiger charge is -1.96. The summed E-state index contributed by atoms with van der Waals surface area (Å²) in [5.74, 6) is 1.83. The fourth-order valence-electron chi connectivity index (χ4n) is 2.57. The predicted octanol–water partition coefficient (Wildman–Crippen LogP) is 2.95. The number of hydrogen-bond acceptors (Lipinski definition) is 2. The summed E-state index contributed by atoms with van der Waals surface area (Å²) in [7, 11) is 0. The zero-order chi connectivity index (χ0) is 17.2. The fourth-order valence-corrected chi connectivity index (χ4v) is 4.51. The Balaban J connectivity index is 1.51. The van der Waals surface area contributed by atoms with Crippen molar-refractivity contribution in [2.45, 2.75) is 13.8 Å². The van der Waals surface area contributed by atoms with Crippen LogP contribution in [0.5, 0.6) is 0 Å². The van der Waals surface area contributed by atoms with Crippen molar-refractivity contribution in [3.8, 4) is 22.6 Å². The number of hydrogen-bond donors (Lipinski definition) is 0. The van der Waals surface area contributed by atoms with Crippen LogP contribution in [0.4, 0.5) is 0 Å². The topological polar surface area (TPSA) is 26.3 Å². The first-order valence-electron chi connectivity index (χ1n) is 8.16. The summed E-state index contributed by atoms with van der Waals surface area (Å²) in [6.07, 6.45) is 0. The molecule has 0 fully saturated rings. The van der Waals surface area contributed by atoms with Gasteiger partial charge in [-0.3, -0.25) is 0 Å². The molecule has 0 bridgehead atoms. The van der Waals surface area contributed by atoms with E-state index < -0.39 is 21.2 Å². The minimum Gasteiger partial charge on any atom is -0.418 e. The minimum atomic E-state index is -0.460. The van der Waals surface area contributed by atoms with E-state index in [4.69, 9.17) is 8.83 Å². The number of benzene rings is 2. The second-order valence-corrected chi connectivity index (χ2v) is 8.70. The molecule has 4 aromatic rings. The van der Waals surface area contributed by atoms with Crippen molar-refractivity contribution in [2.75, 3.05) is 0 Å². The van der Waals surface area contributed by atoms with Crippen LogP contribution in [0, 0.1) is 21.4 Å². The number of aryl methyl sites for hydroxylation is 2. The Morgan fingerprint density at radius 2 is 0.920 bits per heavy atom. The zero-order valence-corrected chi connectivity index (χ0v) is 16.3. The van der Waals surface area contributed by atoms with Crippen LogP contribution in [0.3, 0.4) is 0 Å². The SMILES string of the molecule is Cc1ccc(-c2ccc([I+]c3ccc(-c4ccc(C)cc4)o3)o2)cc1. The summed E-state index contributed by atoms with van der Waals surface area (Å²) in [5.41, 5.74) is 4.73. The maximum absolute atomic E-state index is 6.03. The lowest BCUT2D eigenvalue weighted by Crippen LogP contribution is -3.61. The Morgan fingerprint density at radius 1 is 0.520 bits per heavy atom. The van der Waals surface area contributed by atoms with Crippen molar-refractivity contribution in [2.24, 2.45) is 0 Å². The molecule has 0 aliphatic carbocycles. The van der Waals surface area contributed by atoms with E-state index in [0.29, 0.717) is 0 Å². The molecular formula is C22H18IO2+. The molecule has 0 atom stereocenters. The highest BCUT2D eigenvalue weighted by Crippen LogP contribution is 2.21. The van der Waals surface area contributed by atoms with E-state index in [9.17, 15) is 0 Å². The third-order valence-corrected chi connectivity index (χ3v) is 6.23. The molecular weight excluding hydrogens is 423 g/mol. The molecule has 0 radical (unpaired) electrons. The Labute approximate surface area is 157 Å². The van der Waals surface area contributed by atoms with E-state index >= 15 is 0 Å². The highest BCUT2D eigenvalue weighted by molar-refractivity contribution is 5.58. The molecule has 25 heavy (non-hydrogen) atoms. The van der Waals surface area contributed by atoms with Gasteiger partial charge in [-0.15, -0.1) is 0 Å². The first-order chi connectivity index (χ1) is 12.2. The molecule has 0 aliphatic heterocycles. The highest BCUT2D eigenvalue weighted by Gasteiger charge is 2.25. The van der Waals surface area contributed by atoms with Gasteiger partial charge in [-0.25, -0.2) is 0 Å². The quantitative estimate of drug-likeness (QED) is 0.456. The molecule has 4 rings (SSSR count). The van der Waals surface area contributed by atoms with E-state index in [1.165, 1.54) is 11.1 Å². The van der Waals surface area contributed by atoms with Crippen LogP contribution >= 0.6 is 0 Å². The summed E-state index contributed by atoms with van der Waals surface area (Å²) in [6, 6.07) is 25.0. The smallest absolute Gasteiger partial charge is 0.418 e. The molecule has 0 unspecified atom stereocenters. The molecule has 0 amide bonds. The number of rotatable bonds is 4. The van der Waals surface area contributed by atoms with Gasteiger partial charge in [0.15, 0.2) is 0 Å². The minimum absolute atomic E-state index is 0.460. The van der Waals surface area contributed by atoms with Crippen LogP contribution < -0.4 is 21.2 Å². The number of furan rings is 2. The number of halogens is 1. The average Bonchev–Trinajstić information content (AvgIpc) is 3.27. The Morgan fingerprint density at radius 3 is 1.32 bits per heavy atom. The van der Waals surface area contributed by atoms with Gasteiger partial charge in [0, 0.05) is 23.3 Å². The van der Waals surface area contributed by atoms with Crippen LogP contribution in [0.25, 0.3) is 22.6 Å². The molecule has 124 valence electrons. The second kappa shape index (κ2) is 6.92. The van der Waals surface area contributed by atoms with Crippen molar-refractivity contribution in [3.63, 3.8) is 0 Å². The normalized spacial score (nSPS) is 11.0. The molecule has 0 saturated heterocycles. The Kier molecular flexibility index (Phi) is 4.49. The molecule has 0 N–H and O–H groups in total. The van der Waals surface area contributed by atoms with Crippen molar-refractivity contribution < 1.29 is 30.0 Å². The van der Waals surface area contributed by atoms with Gasteiger partial charge in [-0.2, -0.15) is 0 Å². The maximum atomic E-state index is 6.03. The van der Waals surface area contributed by atoms with Gasteiger partial charge in [-0.1, -0.05) is 59.7 Å². The van der Waals surface area contributed by atoms with Crippen molar-refractivity contribution in [1.29, 1.82) is 0 Å². The van der Waals surface area contributed by atoms with Crippen LogP contribution in [0.15, 0.2) is 81.6 Å². The summed E-state index contributed by atoms with van der Waals surface area (Å²) in [4.78, 5) is 0. The van der Waals surface area contributed by atoms with Crippen LogP contribution in [0.1, 0.15) is 11.1 Å². The van der Waals surface area contributed by atoms with Gasteiger partial charge < -0.3 is 8.83 Å². The molecule has 2 aromatic carbocycles. The second-order valence-electron chi connectivity index (χ2n) is 6.03. The van der Waals surface area contributed by atoms with Gasteiger partial charge in [0.05, 0.1) is 0 Å². The lowest BCUT2D eigenvalue weighted by atomic mass is 10.1. The third kappa shape index (κ3) is 3.71. The average molecular weight is 441 g/mol. The largest absolute Gasteiger partial charge is 0.443 e.